The SMILES string of the molecule is CCOC(=O)C1=C(C)N=c2s/c(=C/c3cc([N+](=O)[O-])ccc3Sc3nc(C)cc(=O)[nH]3)c(=O)n2[C@H]1c1cc(OCC)c(OC)cc1Br. The number of nitrogens with one attached hydrogen (secondary N) is 1. The summed E-state index contributed by atoms with van der Waals surface area (Å²) >= 11 is 5.75. The largest absolute Gasteiger partial charge is 0.493 e. The summed E-state index contributed by atoms with van der Waals surface area (Å²) < 4.78 is 18.9. The molecule has 1 N–H and O–H groups in total. The number of rotatable bonds is 10. The van der Waals surface area contributed by atoms with Gasteiger partial charge in [0.25, 0.3) is 16.8 Å². The Kier molecular flexibility index (Phi) is 10.1. The van der Waals surface area contributed by atoms with Gasteiger partial charge in [-0.2, -0.15) is 0 Å². The molecule has 0 radical (unpaired) electrons. The van der Waals surface area contributed by atoms with E-state index < -0.39 is 22.5 Å². The van der Waals surface area contributed by atoms with Crippen LogP contribution in [0.3, 0.4) is 0 Å². The van der Waals surface area contributed by atoms with Crippen molar-refractivity contribution in [3.8, 4) is 11.5 Å². The second kappa shape index (κ2) is 14.1. The van der Waals surface area contributed by atoms with Crippen LogP contribution in [0.4, 0.5) is 5.69 Å². The summed E-state index contributed by atoms with van der Waals surface area (Å²) in [7, 11) is 1.51. The van der Waals surface area contributed by atoms with Gasteiger partial charge >= 0.3 is 5.97 Å². The molecule has 0 amide bonds. The van der Waals surface area contributed by atoms with Crippen LogP contribution in [0.15, 0.2) is 76.8 Å². The van der Waals surface area contributed by atoms with E-state index in [1.165, 1.54) is 42.0 Å². The molecular formula is C31H28BrN5O8S2. The highest BCUT2D eigenvalue weighted by Gasteiger charge is 2.35. The fourth-order valence-electron chi connectivity index (χ4n) is 4.97. The van der Waals surface area contributed by atoms with Gasteiger partial charge < -0.3 is 19.2 Å². The van der Waals surface area contributed by atoms with Crippen LogP contribution in [-0.2, 0) is 9.53 Å². The number of carbonyl (C=O) groups excluding carboxylic acids is 1. The van der Waals surface area contributed by atoms with Crippen LogP contribution in [-0.4, -0.2) is 45.8 Å². The van der Waals surface area contributed by atoms with E-state index in [-0.39, 0.29) is 33.1 Å². The lowest BCUT2D eigenvalue weighted by molar-refractivity contribution is -0.384. The van der Waals surface area contributed by atoms with Gasteiger partial charge in [0.05, 0.1) is 47.1 Å². The van der Waals surface area contributed by atoms with Gasteiger partial charge in [0, 0.05) is 33.3 Å². The zero-order valence-corrected chi connectivity index (χ0v) is 29.0. The van der Waals surface area contributed by atoms with Gasteiger partial charge in [-0.05, 0) is 63.1 Å². The molecule has 0 aliphatic carbocycles. The molecule has 1 atom stereocenters. The number of nitro benzene ring substituents is 1. The fourth-order valence-corrected chi connectivity index (χ4v) is 7.47. The van der Waals surface area contributed by atoms with Gasteiger partial charge in [-0.1, -0.05) is 39.0 Å². The molecule has 0 saturated heterocycles. The molecule has 0 spiro atoms. The third kappa shape index (κ3) is 6.94. The van der Waals surface area contributed by atoms with Crippen molar-refractivity contribution in [2.75, 3.05) is 20.3 Å². The number of nitro groups is 1. The minimum absolute atomic E-state index is 0.106. The molecule has 0 fully saturated rings. The predicted octanol–water partition coefficient (Wildman–Crippen LogP) is 4.42. The molecule has 2 aromatic carbocycles. The third-order valence-corrected chi connectivity index (χ3v) is 9.59. The van der Waals surface area contributed by atoms with E-state index in [0.717, 1.165) is 23.1 Å². The van der Waals surface area contributed by atoms with Gasteiger partial charge in [0.2, 0.25) is 0 Å². The molecule has 13 nitrogen and oxygen atoms in total. The average molecular weight is 743 g/mol. The van der Waals surface area contributed by atoms with Gasteiger partial charge in [0.15, 0.2) is 21.5 Å². The standard InChI is InChI=1S/C31H28BrN5O8S2/c1-6-44-22-13-19(20(32)14-21(22)43-5)27-26(29(40)45-7-2)16(4)34-31-36(27)28(39)24(47-31)12-17-11-18(37(41)42)8-9-23(17)46-30-33-15(3)10-25(38)35-30/h8-14,27H,6-7H2,1-5H3,(H,33,35,38)/b24-12+/t27-/m0/s1. The number of nitrogens with zero attached hydrogens (tertiary/aromatic N) is 4. The van der Waals surface area contributed by atoms with Gasteiger partial charge in [-0.15, -0.1) is 0 Å². The molecule has 0 saturated carbocycles. The molecule has 5 rings (SSSR count). The van der Waals surface area contributed by atoms with Crippen molar-refractivity contribution in [1.82, 2.24) is 14.5 Å². The summed E-state index contributed by atoms with van der Waals surface area (Å²) in [4.78, 5) is 63.4. The summed E-state index contributed by atoms with van der Waals surface area (Å²) in [5, 5.41) is 12.0. The predicted molar refractivity (Wildman–Crippen MR) is 179 cm³/mol. The smallest absolute Gasteiger partial charge is 0.338 e. The number of thiazole rings is 1. The van der Waals surface area contributed by atoms with E-state index in [1.807, 2.05) is 6.92 Å². The molecule has 244 valence electrons. The number of halogens is 1. The number of hydrogen-bond donors (Lipinski definition) is 1. The number of carbonyl (C=O) groups is 1. The van der Waals surface area contributed by atoms with Crippen molar-refractivity contribution < 1.29 is 23.9 Å². The number of hydrogen-bond acceptors (Lipinski definition) is 12. The molecule has 2 aromatic heterocycles. The van der Waals surface area contributed by atoms with Crippen LogP contribution < -0.4 is 29.9 Å². The van der Waals surface area contributed by atoms with Crippen LogP contribution in [0.2, 0.25) is 0 Å². The molecule has 3 heterocycles. The lowest BCUT2D eigenvalue weighted by Gasteiger charge is -2.26. The number of aromatic amines is 1. The number of esters is 1. The van der Waals surface area contributed by atoms with E-state index in [2.05, 4.69) is 30.9 Å². The lowest BCUT2D eigenvalue weighted by Crippen LogP contribution is -2.40. The zero-order valence-electron chi connectivity index (χ0n) is 25.8. The molecular weight excluding hydrogens is 714 g/mol. The van der Waals surface area contributed by atoms with E-state index in [9.17, 15) is 24.5 Å². The third-order valence-electron chi connectivity index (χ3n) is 6.94. The van der Waals surface area contributed by atoms with Crippen molar-refractivity contribution >= 4 is 56.8 Å². The van der Waals surface area contributed by atoms with E-state index in [1.54, 1.807) is 32.9 Å². The maximum absolute atomic E-state index is 14.3. The van der Waals surface area contributed by atoms with Crippen LogP contribution in [0.1, 0.15) is 43.6 Å². The summed E-state index contributed by atoms with van der Waals surface area (Å²) in [6.45, 7) is 7.31. The number of fused-ring (bicyclic) bond motifs is 1. The van der Waals surface area contributed by atoms with Crippen LogP contribution in [0.5, 0.6) is 11.5 Å². The first kappa shape index (κ1) is 33.8. The highest BCUT2D eigenvalue weighted by atomic mass is 79.9. The van der Waals surface area contributed by atoms with E-state index >= 15 is 0 Å². The summed E-state index contributed by atoms with van der Waals surface area (Å²) in [6, 6.07) is 8.00. The molecule has 16 heteroatoms. The number of methoxy groups -OCH3 is 1. The second-order valence-corrected chi connectivity index (χ2v) is 12.9. The highest BCUT2D eigenvalue weighted by Crippen LogP contribution is 2.41. The normalized spacial score (nSPS) is 14.4. The Bertz CT molecular complexity index is 2190. The molecule has 0 bridgehead atoms. The lowest BCUT2D eigenvalue weighted by atomic mass is 9.95. The molecule has 4 aromatic rings. The first-order chi connectivity index (χ1) is 22.4. The molecule has 1 aliphatic rings. The van der Waals surface area contributed by atoms with Gasteiger partial charge in [-0.25, -0.2) is 14.8 Å². The van der Waals surface area contributed by atoms with Crippen molar-refractivity contribution in [3.05, 3.63) is 109 Å². The Morgan fingerprint density at radius 2 is 1.94 bits per heavy atom. The highest BCUT2D eigenvalue weighted by molar-refractivity contribution is 9.10. The zero-order chi connectivity index (χ0) is 34.0. The number of aryl methyl sites for hydroxylation is 1. The summed E-state index contributed by atoms with van der Waals surface area (Å²) in [5.41, 5.74) is 0.880. The van der Waals surface area contributed by atoms with Crippen LogP contribution in [0.25, 0.3) is 6.08 Å². The number of H-pyrrole nitrogens is 1. The van der Waals surface area contributed by atoms with Crippen molar-refractivity contribution in [1.29, 1.82) is 0 Å². The topological polar surface area (TPSA) is 168 Å². The van der Waals surface area contributed by atoms with E-state index in [4.69, 9.17) is 14.2 Å². The minimum atomic E-state index is -0.965. The van der Waals surface area contributed by atoms with Crippen molar-refractivity contribution in [2.45, 2.75) is 43.8 Å². The number of allylic oxidation sites excluding steroid dienone is 1. The fraction of sp³-hybridized carbons (Fsp3) is 0.258. The van der Waals surface area contributed by atoms with E-state index in [0.29, 0.717) is 54.8 Å². The maximum Gasteiger partial charge on any atom is 0.338 e. The van der Waals surface area contributed by atoms with Crippen molar-refractivity contribution in [3.63, 3.8) is 0 Å². The maximum atomic E-state index is 14.3. The minimum Gasteiger partial charge on any atom is -0.493 e. The first-order valence-corrected chi connectivity index (χ1v) is 16.6. The molecule has 47 heavy (non-hydrogen) atoms. The Labute approximate surface area is 283 Å². The van der Waals surface area contributed by atoms with Crippen LogP contribution >= 0.6 is 39.0 Å². The number of non-ortho nitro benzene ring substituents is 1. The Morgan fingerprint density at radius 3 is 2.60 bits per heavy atom. The molecule has 0 unspecified atom stereocenters. The Hall–Kier alpha value is -4.54. The van der Waals surface area contributed by atoms with Crippen molar-refractivity contribution in [2.24, 2.45) is 4.99 Å². The first-order valence-electron chi connectivity index (χ1n) is 14.2. The summed E-state index contributed by atoms with van der Waals surface area (Å²) in [5.74, 6) is 0.230. The monoisotopic (exact) mass is 741 g/mol. The molecule has 1 aliphatic heterocycles. The number of benzene rings is 2. The van der Waals surface area contributed by atoms with Gasteiger partial charge in [0.1, 0.15) is 0 Å². The quantitative estimate of drug-likeness (QED) is 0.106. The second-order valence-electron chi connectivity index (χ2n) is 10.0. The van der Waals surface area contributed by atoms with Gasteiger partial charge in [-0.3, -0.25) is 24.3 Å². The number of aromatic nitrogens is 3. The number of ether oxygens (including phenoxy) is 3. The van der Waals surface area contributed by atoms with Crippen LogP contribution in [0, 0.1) is 17.0 Å². The summed E-state index contributed by atoms with van der Waals surface area (Å²) in [6.07, 6.45) is 1.53. The average Bonchev–Trinajstić information content (AvgIpc) is 3.31. The Morgan fingerprint density at radius 1 is 1.17 bits per heavy atom. The Balaban J connectivity index is 1.75.